The van der Waals surface area contributed by atoms with E-state index in [9.17, 15) is 8.42 Å². The Morgan fingerprint density at radius 1 is 1.22 bits per heavy atom. The topological polar surface area (TPSA) is 59.9 Å². The number of halogens is 1. The van der Waals surface area contributed by atoms with Gasteiger partial charge in [0.25, 0.3) is 0 Å². The van der Waals surface area contributed by atoms with Gasteiger partial charge in [0.05, 0.1) is 11.4 Å². The van der Waals surface area contributed by atoms with Gasteiger partial charge < -0.3 is 0 Å². The first-order valence-corrected chi connectivity index (χ1v) is 8.71. The molecule has 96 valence electrons. The molecule has 0 amide bonds. The molecule has 1 heterocycles. The number of rotatable bonds is 4. The van der Waals surface area contributed by atoms with Gasteiger partial charge in [-0.1, -0.05) is 24.3 Å². The second-order valence-electron chi connectivity index (χ2n) is 3.73. The molecule has 0 spiro atoms. The van der Waals surface area contributed by atoms with Crippen LogP contribution >= 0.6 is 22.4 Å². The molecule has 2 aromatic rings. The summed E-state index contributed by atoms with van der Waals surface area (Å²) in [5.41, 5.74) is 0.861. The predicted molar refractivity (Wildman–Crippen MR) is 74.6 cm³/mol. The molecule has 18 heavy (non-hydrogen) atoms. The van der Waals surface area contributed by atoms with E-state index in [0.29, 0.717) is 5.75 Å². The zero-order chi connectivity index (χ0) is 13.2. The standard InChI is InChI=1S/C11H11ClN2O2S2/c1-8-9-4-2-3-5-10(9)11(14-13-8)17-6-7-18(12,15)16/h2-5H,6-7H2,1H3. The fourth-order valence-electron chi connectivity index (χ4n) is 1.56. The molecule has 0 atom stereocenters. The van der Waals surface area contributed by atoms with Gasteiger partial charge in [-0.15, -0.1) is 16.9 Å². The Balaban J connectivity index is 2.26. The summed E-state index contributed by atoms with van der Waals surface area (Å²) < 4.78 is 21.7. The van der Waals surface area contributed by atoms with Gasteiger partial charge in [0.2, 0.25) is 9.05 Å². The van der Waals surface area contributed by atoms with Crippen molar-refractivity contribution in [2.24, 2.45) is 0 Å². The van der Waals surface area contributed by atoms with E-state index in [0.717, 1.165) is 21.5 Å². The van der Waals surface area contributed by atoms with Gasteiger partial charge >= 0.3 is 0 Å². The molecule has 1 aromatic carbocycles. The summed E-state index contributed by atoms with van der Waals surface area (Å²) >= 11 is 1.35. The number of aryl methyl sites for hydroxylation is 1. The van der Waals surface area contributed by atoms with E-state index in [1.807, 2.05) is 31.2 Å². The summed E-state index contributed by atoms with van der Waals surface area (Å²) in [5.74, 6) is 0.288. The van der Waals surface area contributed by atoms with E-state index in [1.165, 1.54) is 11.8 Å². The summed E-state index contributed by atoms with van der Waals surface area (Å²) in [4.78, 5) is 0. The quantitative estimate of drug-likeness (QED) is 0.642. The highest BCUT2D eigenvalue weighted by atomic mass is 35.7. The Hall–Kier alpha value is -0.850. The van der Waals surface area contributed by atoms with Gasteiger partial charge in [-0.25, -0.2) is 8.42 Å². The Kier molecular flexibility index (Phi) is 4.09. The second-order valence-corrected chi connectivity index (χ2v) is 7.71. The SMILES string of the molecule is Cc1nnc(SCCS(=O)(=O)Cl)c2ccccc12. The molecule has 7 heteroatoms. The van der Waals surface area contributed by atoms with Crippen LogP contribution in [0.4, 0.5) is 0 Å². The average Bonchev–Trinajstić information content (AvgIpc) is 2.31. The van der Waals surface area contributed by atoms with Crippen molar-refractivity contribution in [3.05, 3.63) is 30.0 Å². The molecule has 0 radical (unpaired) electrons. The van der Waals surface area contributed by atoms with Crippen molar-refractivity contribution in [1.82, 2.24) is 10.2 Å². The molecule has 4 nitrogen and oxygen atoms in total. The zero-order valence-corrected chi connectivity index (χ0v) is 12.0. The number of hydrogen-bond acceptors (Lipinski definition) is 5. The summed E-state index contributed by atoms with van der Waals surface area (Å²) in [7, 11) is 1.71. The molecule has 0 bridgehead atoms. The summed E-state index contributed by atoms with van der Waals surface area (Å²) in [6, 6.07) is 7.79. The Morgan fingerprint density at radius 2 is 1.89 bits per heavy atom. The summed E-state index contributed by atoms with van der Waals surface area (Å²) in [5, 5.41) is 10.9. The lowest BCUT2D eigenvalue weighted by Crippen LogP contribution is -2.01. The van der Waals surface area contributed by atoms with Gasteiger partial charge in [-0.05, 0) is 6.92 Å². The average molecular weight is 303 g/mol. The van der Waals surface area contributed by atoms with E-state index in [4.69, 9.17) is 10.7 Å². The Labute approximate surface area is 114 Å². The van der Waals surface area contributed by atoms with Gasteiger partial charge in [0.15, 0.2) is 0 Å². The monoisotopic (exact) mass is 302 g/mol. The zero-order valence-electron chi connectivity index (χ0n) is 9.63. The van der Waals surface area contributed by atoms with Crippen LogP contribution in [0.25, 0.3) is 10.8 Å². The minimum atomic E-state index is -3.45. The first-order valence-electron chi connectivity index (χ1n) is 5.24. The van der Waals surface area contributed by atoms with Crippen LogP contribution < -0.4 is 0 Å². The molecule has 0 saturated carbocycles. The second kappa shape index (κ2) is 5.42. The highest BCUT2D eigenvalue weighted by molar-refractivity contribution is 8.14. The smallest absolute Gasteiger partial charge is 0.212 e. The van der Waals surface area contributed by atoms with Crippen LogP contribution in [0, 0.1) is 6.92 Å². The van der Waals surface area contributed by atoms with Crippen LogP contribution in [0.15, 0.2) is 29.3 Å². The molecule has 0 aliphatic heterocycles. The molecule has 1 aromatic heterocycles. The van der Waals surface area contributed by atoms with Gasteiger partial charge in [-0.3, -0.25) is 0 Å². The molecule has 0 unspecified atom stereocenters. The van der Waals surface area contributed by atoms with Crippen molar-refractivity contribution in [3.8, 4) is 0 Å². The molecule has 0 saturated heterocycles. The highest BCUT2D eigenvalue weighted by Gasteiger charge is 2.09. The third-order valence-electron chi connectivity index (χ3n) is 2.40. The third-order valence-corrected chi connectivity index (χ3v) is 4.80. The number of nitrogens with zero attached hydrogens (tertiary/aromatic N) is 2. The van der Waals surface area contributed by atoms with Gasteiger partial charge in [0.1, 0.15) is 5.03 Å². The van der Waals surface area contributed by atoms with Crippen LogP contribution in [0.5, 0.6) is 0 Å². The lowest BCUT2D eigenvalue weighted by molar-refractivity contribution is 0.611. The summed E-state index contributed by atoms with van der Waals surface area (Å²) in [6.07, 6.45) is 0. The predicted octanol–water partition coefficient (Wildman–Crippen LogP) is 2.60. The molecule has 0 N–H and O–H groups in total. The van der Waals surface area contributed by atoms with E-state index in [1.54, 1.807) is 0 Å². The normalized spacial score (nSPS) is 11.9. The van der Waals surface area contributed by atoms with Gasteiger partial charge in [0, 0.05) is 27.2 Å². The maximum absolute atomic E-state index is 10.9. The maximum Gasteiger partial charge on any atom is 0.233 e. The molecule has 0 fully saturated rings. The third kappa shape index (κ3) is 3.34. The minimum Gasteiger partial charge on any atom is -0.212 e. The van der Waals surface area contributed by atoms with Gasteiger partial charge in [-0.2, -0.15) is 5.10 Å². The molecule has 0 aliphatic rings. The largest absolute Gasteiger partial charge is 0.233 e. The van der Waals surface area contributed by atoms with Crippen molar-refractivity contribution < 1.29 is 8.42 Å². The first-order chi connectivity index (χ1) is 8.47. The fraction of sp³-hybridized carbons (Fsp3) is 0.273. The molecule has 0 aliphatic carbocycles. The molecule has 2 rings (SSSR count). The van der Waals surface area contributed by atoms with Crippen molar-refractivity contribution in [3.63, 3.8) is 0 Å². The van der Waals surface area contributed by atoms with E-state index in [-0.39, 0.29) is 5.75 Å². The number of benzene rings is 1. The number of thioether (sulfide) groups is 1. The first kappa shape index (κ1) is 13.6. The van der Waals surface area contributed by atoms with Crippen LogP contribution in [0.1, 0.15) is 5.69 Å². The van der Waals surface area contributed by atoms with Crippen LogP contribution in [-0.4, -0.2) is 30.1 Å². The van der Waals surface area contributed by atoms with Crippen molar-refractivity contribution in [2.45, 2.75) is 11.9 Å². The maximum atomic E-state index is 10.9. The molecular formula is C11H11ClN2O2S2. The van der Waals surface area contributed by atoms with E-state index in [2.05, 4.69) is 10.2 Å². The van der Waals surface area contributed by atoms with Crippen molar-refractivity contribution in [1.29, 1.82) is 0 Å². The minimum absolute atomic E-state index is 0.0803. The number of fused-ring (bicyclic) bond motifs is 1. The van der Waals surface area contributed by atoms with Crippen molar-refractivity contribution >= 4 is 42.3 Å². The van der Waals surface area contributed by atoms with Crippen molar-refractivity contribution in [2.75, 3.05) is 11.5 Å². The highest BCUT2D eigenvalue weighted by Crippen LogP contribution is 2.26. The summed E-state index contributed by atoms with van der Waals surface area (Å²) in [6.45, 7) is 1.90. The Bertz CT molecular complexity index is 674. The lowest BCUT2D eigenvalue weighted by Gasteiger charge is -2.05. The van der Waals surface area contributed by atoms with Crippen LogP contribution in [0.3, 0.4) is 0 Å². The van der Waals surface area contributed by atoms with E-state index >= 15 is 0 Å². The fourth-order valence-corrected chi connectivity index (χ4v) is 3.88. The number of aromatic nitrogens is 2. The van der Waals surface area contributed by atoms with E-state index < -0.39 is 9.05 Å². The number of hydrogen-bond donors (Lipinski definition) is 0. The van der Waals surface area contributed by atoms with Crippen LogP contribution in [0.2, 0.25) is 0 Å². The van der Waals surface area contributed by atoms with Crippen LogP contribution in [-0.2, 0) is 9.05 Å². The lowest BCUT2D eigenvalue weighted by atomic mass is 10.1. The molecular weight excluding hydrogens is 292 g/mol. The Morgan fingerprint density at radius 3 is 2.56 bits per heavy atom.